The van der Waals surface area contributed by atoms with Crippen molar-refractivity contribution in [2.75, 3.05) is 31.7 Å². The highest BCUT2D eigenvalue weighted by Gasteiger charge is 2.02. The molecule has 4 nitrogen and oxygen atoms in total. The summed E-state index contributed by atoms with van der Waals surface area (Å²) in [4.78, 5) is 2.13. The first-order valence-corrected chi connectivity index (χ1v) is 6.38. The van der Waals surface area contributed by atoms with Gasteiger partial charge in [0.05, 0.1) is 6.61 Å². The van der Waals surface area contributed by atoms with E-state index in [9.17, 15) is 0 Å². The number of nitrogens with two attached hydrogens (primary N) is 1. The largest absolute Gasteiger partial charge is 0.384 e. The summed E-state index contributed by atoms with van der Waals surface area (Å²) >= 11 is 0. The summed E-state index contributed by atoms with van der Waals surface area (Å²) in [7, 11) is 2.03. The molecule has 0 amide bonds. The quantitative estimate of drug-likeness (QED) is 0.422. The molecule has 3 N–H and O–H groups in total. The first-order valence-electron chi connectivity index (χ1n) is 6.38. The topological polar surface area (TPSA) is 62.3 Å². The van der Waals surface area contributed by atoms with E-state index in [0.717, 1.165) is 37.4 Å². The molecule has 0 aromatic heterocycles. The van der Waals surface area contributed by atoms with Gasteiger partial charge in [0.25, 0.3) is 0 Å². The van der Waals surface area contributed by atoms with Gasteiger partial charge in [0.2, 0.25) is 0 Å². The van der Waals surface area contributed by atoms with Gasteiger partial charge < -0.3 is 15.4 Å². The lowest BCUT2D eigenvalue weighted by atomic mass is 10.2. The van der Waals surface area contributed by atoms with Gasteiger partial charge in [-0.25, -0.2) is 0 Å². The van der Waals surface area contributed by atoms with E-state index in [1.807, 2.05) is 31.3 Å². The van der Waals surface area contributed by atoms with Crippen molar-refractivity contribution >= 4 is 11.5 Å². The van der Waals surface area contributed by atoms with Gasteiger partial charge in [-0.1, -0.05) is 13.3 Å². The normalized spacial score (nSPS) is 10.3. The molecule has 4 heteroatoms. The highest BCUT2D eigenvalue weighted by atomic mass is 16.5. The fourth-order valence-corrected chi connectivity index (χ4v) is 1.57. The molecular weight excluding hydrogens is 226 g/mol. The van der Waals surface area contributed by atoms with Crippen molar-refractivity contribution in [2.45, 2.75) is 19.8 Å². The second-order valence-electron chi connectivity index (χ2n) is 4.35. The van der Waals surface area contributed by atoms with Crippen molar-refractivity contribution in [1.29, 1.82) is 5.41 Å². The fraction of sp³-hybridized carbons (Fsp3) is 0.500. The number of rotatable bonds is 8. The molecule has 1 aromatic carbocycles. The molecule has 0 aliphatic heterocycles. The van der Waals surface area contributed by atoms with Crippen LogP contribution in [-0.2, 0) is 4.74 Å². The Morgan fingerprint density at radius 1 is 1.28 bits per heavy atom. The Morgan fingerprint density at radius 3 is 2.50 bits per heavy atom. The van der Waals surface area contributed by atoms with Crippen LogP contribution in [-0.4, -0.2) is 32.6 Å². The Bertz CT molecular complexity index is 362. The number of hydrogen-bond donors (Lipinski definition) is 2. The van der Waals surface area contributed by atoms with Gasteiger partial charge in [-0.2, -0.15) is 0 Å². The lowest BCUT2D eigenvalue weighted by molar-refractivity contribution is 0.138. The van der Waals surface area contributed by atoms with Gasteiger partial charge in [0.1, 0.15) is 5.84 Å². The molecule has 0 aliphatic carbocycles. The number of amidine groups is 1. The van der Waals surface area contributed by atoms with E-state index in [2.05, 4.69) is 11.8 Å². The monoisotopic (exact) mass is 249 g/mol. The second-order valence-corrected chi connectivity index (χ2v) is 4.35. The Balaban J connectivity index is 2.37. The highest BCUT2D eigenvalue weighted by molar-refractivity contribution is 5.95. The molecule has 1 rings (SSSR count). The summed E-state index contributed by atoms with van der Waals surface area (Å²) in [5.74, 6) is 0.104. The van der Waals surface area contributed by atoms with E-state index in [1.54, 1.807) is 0 Å². The average Bonchev–Trinajstić information content (AvgIpc) is 2.38. The Hall–Kier alpha value is -1.55. The van der Waals surface area contributed by atoms with Crippen LogP contribution < -0.4 is 10.6 Å². The van der Waals surface area contributed by atoms with Crippen molar-refractivity contribution in [2.24, 2.45) is 5.73 Å². The van der Waals surface area contributed by atoms with Crippen LogP contribution in [0.15, 0.2) is 24.3 Å². The molecule has 0 radical (unpaired) electrons. The molecule has 0 unspecified atom stereocenters. The van der Waals surface area contributed by atoms with E-state index in [1.165, 1.54) is 6.42 Å². The van der Waals surface area contributed by atoms with Crippen LogP contribution in [0.3, 0.4) is 0 Å². The fourth-order valence-electron chi connectivity index (χ4n) is 1.57. The van der Waals surface area contributed by atoms with Gasteiger partial charge in [0, 0.05) is 31.5 Å². The predicted molar refractivity (Wildman–Crippen MR) is 76.5 cm³/mol. The number of nitrogens with one attached hydrogen (secondary N) is 1. The van der Waals surface area contributed by atoms with Crippen LogP contribution in [0.1, 0.15) is 25.3 Å². The average molecular weight is 249 g/mol. The molecule has 0 saturated carbocycles. The molecule has 0 spiro atoms. The van der Waals surface area contributed by atoms with E-state index < -0.39 is 0 Å². The summed E-state index contributed by atoms with van der Waals surface area (Å²) in [6, 6.07) is 7.68. The number of unbranched alkanes of at least 4 members (excludes halogenated alkanes) is 1. The van der Waals surface area contributed by atoms with Crippen LogP contribution in [0.4, 0.5) is 5.69 Å². The minimum absolute atomic E-state index is 0.104. The number of likely N-dealkylation sites (N-methyl/N-ethyl adjacent to an activating group) is 1. The molecule has 18 heavy (non-hydrogen) atoms. The summed E-state index contributed by atoms with van der Waals surface area (Å²) < 4.78 is 5.53. The number of nitrogens with zero attached hydrogens (tertiary/aromatic N) is 1. The Labute approximate surface area is 109 Å². The van der Waals surface area contributed by atoms with E-state index in [0.29, 0.717) is 0 Å². The molecular formula is C14H23N3O. The van der Waals surface area contributed by atoms with Crippen molar-refractivity contribution in [3.63, 3.8) is 0 Å². The highest BCUT2D eigenvalue weighted by Crippen LogP contribution is 2.13. The number of hydrogen-bond acceptors (Lipinski definition) is 3. The standard InChI is InChI=1S/C14H23N3O/c1-3-4-10-18-11-9-17(2)13-7-5-12(6-8-13)14(15)16/h5-8H,3-4,9-11H2,1-2H3,(H3,15,16). The minimum atomic E-state index is 0.104. The number of anilines is 1. The van der Waals surface area contributed by atoms with Crippen molar-refractivity contribution < 1.29 is 4.74 Å². The summed E-state index contributed by atoms with van der Waals surface area (Å²) in [6.45, 7) is 4.60. The summed E-state index contributed by atoms with van der Waals surface area (Å²) in [5.41, 5.74) is 7.28. The third kappa shape index (κ3) is 4.75. The molecule has 100 valence electrons. The zero-order valence-corrected chi connectivity index (χ0v) is 11.3. The molecule has 0 heterocycles. The Morgan fingerprint density at radius 2 is 1.94 bits per heavy atom. The van der Waals surface area contributed by atoms with Crippen LogP contribution in [0.25, 0.3) is 0 Å². The SMILES string of the molecule is CCCCOCCN(C)c1ccc(C(=N)N)cc1. The first-order chi connectivity index (χ1) is 8.65. The van der Waals surface area contributed by atoms with Gasteiger partial charge in [-0.3, -0.25) is 5.41 Å². The van der Waals surface area contributed by atoms with Gasteiger partial charge in [-0.05, 0) is 30.7 Å². The smallest absolute Gasteiger partial charge is 0.122 e. The maximum absolute atomic E-state index is 7.33. The summed E-state index contributed by atoms with van der Waals surface area (Å²) in [5, 5.41) is 7.33. The lowest BCUT2D eigenvalue weighted by Gasteiger charge is -2.19. The molecule has 0 aliphatic rings. The molecule has 0 atom stereocenters. The second kappa shape index (κ2) is 7.71. The van der Waals surface area contributed by atoms with E-state index >= 15 is 0 Å². The maximum Gasteiger partial charge on any atom is 0.122 e. The molecule has 0 bridgehead atoms. The molecule has 1 aromatic rings. The van der Waals surface area contributed by atoms with E-state index in [4.69, 9.17) is 15.9 Å². The zero-order chi connectivity index (χ0) is 13.4. The van der Waals surface area contributed by atoms with Gasteiger partial charge in [0.15, 0.2) is 0 Å². The van der Waals surface area contributed by atoms with Crippen LogP contribution >= 0.6 is 0 Å². The zero-order valence-electron chi connectivity index (χ0n) is 11.3. The first kappa shape index (κ1) is 14.5. The van der Waals surface area contributed by atoms with Gasteiger partial charge >= 0.3 is 0 Å². The third-order valence-corrected chi connectivity index (χ3v) is 2.83. The predicted octanol–water partition coefficient (Wildman–Crippen LogP) is 2.22. The number of nitrogen functional groups attached to an aromatic ring is 1. The van der Waals surface area contributed by atoms with Crippen LogP contribution in [0.2, 0.25) is 0 Å². The van der Waals surface area contributed by atoms with Crippen LogP contribution in [0.5, 0.6) is 0 Å². The third-order valence-electron chi connectivity index (χ3n) is 2.83. The molecule has 0 fully saturated rings. The van der Waals surface area contributed by atoms with E-state index in [-0.39, 0.29) is 5.84 Å². The minimum Gasteiger partial charge on any atom is -0.384 e. The van der Waals surface area contributed by atoms with Crippen molar-refractivity contribution in [3.8, 4) is 0 Å². The van der Waals surface area contributed by atoms with Crippen LogP contribution in [0, 0.1) is 5.41 Å². The number of benzene rings is 1. The Kier molecular flexibility index (Phi) is 6.22. The van der Waals surface area contributed by atoms with Gasteiger partial charge in [-0.15, -0.1) is 0 Å². The number of ether oxygens (including phenoxy) is 1. The lowest BCUT2D eigenvalue weighted by Crippen LogP contribution is -2.23. The molecule has 0 saturated heterocycles. The maximum atomic E-state index is 7.33. The van der Waals surface area contributed by atoms with Crippen molar-refractivity contribution in [1.82, 2.24) is 0 Å². The van der Waals surface area contributed by atoms with Crippen molar-refractivity contribution in [3.05, 3.63) is 29.8 Å². The summed E-state index contributed by atoms with van der Waals surface area (Å²) in [6.07, 6.45) is 2.29.